The number of hydroxylamine groups is 2. The quantitative estimate of drug-likeness (QED) is 0.702. The van der Waals surface area contributed by atoms with Crippen LogP contribution in [0.3, 0.4) is 0 Å². The Morgan fingerprint density at radius 3 is 2.57 bits per heavy atom. The van der Waals surface area contributed by atoms with Gasteiger partial charge in [-0.05, 0) is 12.0 Å². The van der Waals surface area contributed by atoms with Crippen LogP contribution in [0.25, 0.3) is 0 Å². The van der Waals surface area contributed by atoms with Gasteiger partial charge in [0.1, 0.15) is 12.6 Å². The van der Waals surface area contributed by atoms with Crippen LogP contribution < -0.4 is 5.32 Å². The first-order chi connectivity index (χ1) is 10.0. The standard InChI is InChI=1S/C14H20N2O5/c1-16(20-2)12(13(17)18)8-9-15-14(19)21-10-11-6-4-3-5-7-11/h3-7,12H,8-10H2,1-2H3,(H,15,19)(H,17,18). The van der Waals surface area contributed by atoms with Gasteiger partial charge >= 0.3 is 12.1 Å². The number of benzene rings is 1. The summed E-state index contributed by atoms with van der Waals surface area (Å²) in [6.45, 7) is 0.352. The Kier molecular flexibility index (Phi) is 7.20. The Balaban J connectivity index is 2.28. The molecule has 0 fully saturated rings. The van der Waals surface area contributed by atoms with Gasteiger partial charge in [0, 0.05) is 13.6 Å². The highest BCUT2D eigenvalue weighted by atomic mass is 16.7. The molecule has 0 aliphatic carbocycles. The van der Waals surface area contributed by atoms with Crippen LogP contribution in [0, 0.1) is 0 Å². The van der Waals surface area contributed by atoms with Crippen LogP contribution in [0.2, 0.25) is 0 Å². The maximum atomic E-state index is 11.5. The number of alkyl carbamates (subject to hydrolysis) is 1. The zero-order chi connectivity index (χ0) is 15.7. The molecule has 1 atom stereocenters. The number of carboxylic acids is 1. The number of hydrogen-bond donors (Lipinski definition) is 2. The van der Waals surface area contributed by atoms with Gasteiger partial charge in [-0.3, -0.25) is 4.79 Å². The topological polar surface area (TPSA) is 88.1 Å². The van der Waals surface area contributed by atoms with Crippen molar-refractivity contribution < 1.29 is 24.3 Å². The van der Waals surface area contributed by atoms with Gasteiger partial charge in [0.2, 0.25) is 0 Å². The van der Waals surface area contributed by atoms with Crippen LogP contribution in [0.1, 0.15) is 12.0 Å². The van der Waals surface area contributed by atoms with Crippen molar-refractivity contribution in [3.8, 4) is 0 Å². The van der Waals surface area contributed by atoms with Gasteiger partial charge in [-0.2, -0.15) is 5.06 Å². The number of likely N-dealkylation sites (N-methyl/N-ethyl adjacent to an activating group) is 1. The lowest BCUT2D eigenvalue weighted by Crippen LogP contribution is -2.40. The van der Waals surface area contributed by atoms with E-state index in [9.17, 15) is 9.59 Å². The third-order valence-electron chi connectivity index (χ3n) is 2.91. The maximum absolute atomic E-state index is 11.5. The molecule has 0 aromatic heterocycles. The molecule has 7 nitrogen and oxygen atoms in total. The van der Waals surface area contributed by atoms with Crippen molar-refractivity contribution in [1.29, 1.82) is 0 Å². The summed E-state index contributed by atoms with van der Waals surface area (Å²) < 4.78 is 5.01. The van der Waals surface area contributed by atoms with Gasteiger partial charge in [0.25, 0.3) is 0 Å². The van der Waals surface area contributed by atoms with E-state index in [4.69, 9.17) is 14.7 Å². The number of rotatable bonds is 8. The lowest BCUT2D eigenvalue weighted by molar-refractivity contribution is -0.174. The van der Waals surface area contributed by atoms with Crippen LogP contribution >= 0.6 is 0 Å². The number of nitrogens with one attached hydrogen (secondary N) is 1. The van der Waals surface area contributed by atoms with E-state index in [1.54, 1.807) is 0 Å². The zero-order valence-corrected chi connectivity index (χ0v) is 12.1. The highest BCUT2D eigenvalue weighted by molar-refractivity contribution is 5.73. The van der Waals surface area contributed by atoms with Crippen LogP contribution in [0.15, 0.2) is 30.3 Å². The van der Waals surface area contributed by atoms with E-state index in [0.29, 0.717) is 0 Å². The summed E-state index contributed by atoms with van der Waals surface area (Å²) in [5, 5.41) is 12.8. The Bertz CT molecular complexity index is 452. The molecule has 0 radical (unpaired) electrons. The Morgan fingerprint density at radius 1 is 1.33 bits per heavy atom. The first-order valence-corrected chi connectivity index (χ1v) is 6.49. The van der Waals surface area contributed by atoms with Gasteiger partial charge in [-0.15, -0.1) is 0 Å². The molecule has 1 aromatic carbocycles. The number of nitrogens with zero attached hydrogens (tertiary/aromatic N) is 1. The first kappa shape index (κ1) is 16.9. The molecule has 0 aliphatic heterocycles. The number of amides is 1. The van der Waals surface area contributed by atoms with Gasteiger partial charge in [0.05, 0.1) is 7.11 Å². The van der Waals surface area contributed by atoms with Crippen LogP contribution in [0.5, 0.6) is 0 Å². The molecule has 21 heavy (non-hydrogen) atoms. The molecule has 1 amide bonds. The SMILES string of the molecule is CON(C)C(CCNC(=O)OCc1ccccc1)C(=O)O. The van der Waals surface area contributed by atoms with E-state index >= 15 is 0 Å². The smallest absolute Gasteiger partial charge is 0.407 e. The monoisotopic (exact) mass is 296 g/mol. The molecular formula is C14H20N2O5. The van der Waals surface area contributed by atoms with Crippen LogP contribution in [0.4, 0.5) is 4.79 Å². The number of carbonyl (C=O) groups is 2. The highest BCUT2D eigenvalue weighted by Gasteiger charge is 2.22. The van der Waals surface area contributed by atoms with E-state index in [-0.39, 0.29) is 19.6 Å². The maximum Gasteiger partial charge on any atom is 0.407 e. The minimum absolute atomic E-state index is 0.174. The van der Waals surface area contributed by atoms with Gasteiger partial charge in [0.15, 0.2) is 0 Å². The first-order valence-electron chi connectivity index (χ1n) is 6.49. The fraction of sp³-hybridized carbons (Fsp3) is 0.429. The molecule has 0 saturated carbocycles. The molecule has 0 saturated heterocycles. The number of aliphatic carboxylic acids is 1. The predicted octanol–water partition coefficient (Wildman–Crippen LogP) is 1.25. The normalized spacial score (nSPS) is 12.0. The van der Waals surface area contributed by atoms with Crippen molar-refractivity contribution in [2.24, 2.45) is 0 Å². The lowest BCUT2D eigenvalue weighted by atomic mass is 10.2. The molecule has 2 N–H and O–H groups in total. The van der Waals surface area contributed by atoms with Crippen LogP contribution in [-0.2, 0) is 21.0 Å². The van der Waals surface area contributed by atoms with E-state index in [0.717, 1.165) is 5.56 Å². The summed E-state index contributed by atoms with van der Waals surface area (Å²) in [5.74, 6) is -1.01. The number of hydrogen-bond acceptors (Lipinski definition) is 5. The minimum atomic E-state index is -1.01. The van der Waals surface area contributed by atoms with Crippen molar-refractivity contribution in [1.82, 2.24) is 10.4 Å². The fourth-order valence-corrected chi connectivity index (χ4v) is 1.67. The number of ether oxygens (including phenoxy) is 1. The summed E-state index contributed by atoms with van der Waals surface area (Å²) >= 11 is 0. The average Bonchev–Trinajstić information content (AvgIpc) is 2.49. The number of carboxylic acid groups (broad SMARTS) is 1. The Hall–Kier alpha value is -2.12. The second-order valence-corrected chi connectivity index (χ2v) is 4.36. The van der Waals surface area contributed by atoms with E-state index in [1.807, 2.05) is 30.3 Å². The second-order valence-electron chi connectivity index (χ2n) is 4.36. The minimum Gasteiger partial charge on any atom is -0.480 e. The van der Waals surface area contributed by atoms with Crippen molar-refractivity contribution in [3.63, 3.8) is 0 Å². The summed E-state index contributed by atoms with van der Waals surface area (Å²) in [7, 11) is 2.91. The van der Waals surface area contributed by atoms with E-state index < -0.39 is 18.1 Å². The Labute approximate surface area is 123 Å². The third-order valence-corrected chi connectivity index (χ3v) is 2.91. The molecule has 0 heterocycles. The van der Waals surface area contributed by atoms with Crippen molar-refractivity contribution in [3.05, 3.63) is 35.9 Å². The molecule has 7 heteroatoms. The van der Waals surface area contributed by atoms with Crippen molar-refractivity contribution in [2.75, 3.05) is 20.7 Å². The van der Waals surface area contributed by atoms with Crippen molar-refractivity contribution in [2.45, 2.75) is 19.1 Å². The molecule has 0 bridgehead atoms. The van der Waals surface area contributed by atoms with E-state index in [2.05, 4.69) is 5.32 Å². The second kappa shape index (κ2) is 8.93. The van der Waals surface area contributed by atoms with E-state index in [1.165, 1.54) is 19.2 Å². The molecule has 0 spiro atoms. The predicted molar refractivity (Wildman–Crippen MR) is 75.4 cm³/mol. The molecule has 1 aromatic rings. The summed E-state index contributed by atoms with van der Waals surface area (Å²) in [6.07, 6.45) is -0.372. The summed E-state index contributed by atoms with van der Waals surface area (Å²) in [5.41, 5.74) is 0.884. The van der Waals surface area contributed by atoms with Gasteiger partial charge < -0.3 is 20.0 Å². The molecule has 116 valence electrons. The molecule has 1 rings (SSSR count). The summed E-state index contributed by atoms with van der Waals surface area (Å²) in [4.78, 5) is 27.3. The molecule has 1 unspecified atom stereocenters. The third kappa shape index (κ3) is 6.24. The molecular weight excluding hydrogens is 276 g/mol. The average molecular weight is 296 g/mol. The summed E-state index contributed by atoms with van der Waals surface area (Å²) in [6, 6.07) is 8.46. The van der Waals surface area contributed by atoms with Gasteiger partial charge in [-0.1, -0.05) is 30.3 Å². The fourth-order valence-electron chi connectivity index (χ4n) is 1.67. The zero-order valence-electron chi connectivity index (χ0n) is 12.1. The van der Waals surface area contributed by atoms with Crippen LogP contribution in [-0.4, -0.2) is 49.0 Å². The number of carbonyl (C=O) groups excluding carboxylic acids is 1. The highest BCUT2D eigenvalue weighted by Crippen LogP contribution is 2.03. The van der Waals surface area contributed by atoms with Crippen molar-refractivity contribution >= 4 is 12.1 Å². The lowest BCUT2D eigenvalue weighted by Gasteiger charge is -2.21. The molecule has 0 aliphatic rings. The largest absolute Gasteiger partial charge is 0.480 e. The Morgan fingerprint density at radius 2 is 2.00 bits per heavy atom. The van der Waals surface area contributed by atoms with Gasteiger partial charge in [-0.25, -0.2) is 4.79 Å².